The molecule has 0 unspecified atom stereocenters. The summed E-state index contributed by atoms with van der Waals surface area (Å²) in [7, 11) is 1.44. The van der Waals surface area contributed by atoms with Crippen molar-refractivity contribution >= 4 is 11.9 Å². The van der Waals surface area contributed by atoms with E-state index in [4.69, 9.17) is 14.6 Å². The first kappa shape index (κ1) is 22.9. The van der Waals surface area contributed by atoms with Gasteiger partial charge in [0.05, 0.1) is 7.11 Å². The molecule has 27 heavy (non-hydrogen) atoms. The molecular formula is C18H23F4NO4. The zero-order chi connectivity index (χ0) is 20.7. The van der Waals surface area contributed by atoms with Gasteiger partial charge >= 0.3 is 18.1 Å². The van der Waals surface area contributed by atoms with E-state index in [0.717, 1.165) is 37.7 Å². The summed E-state index contributed by atoms with van der Waals surface area (Å²) in [5.41, 5.74) is 0.614. The number of aliphatic carboxylic acids is 1. The van der Waals surface area contributed by atoms with Crippen molar-refractivity contribution in [1.29, 1.82) is 0 Å². The number of ether oxygens (including phenoxy) is 1. The van der Waals surface area contributed by atoms with Gasteiger partial charge in [0.1, 0.15) is 11.4 Å². The summed E-state index contributed by atoms with van der Waals surface area (Å²) in [6.07, 6.45) is -0.704. The van der Waals surface area contributed by atoms with Crippen LogP contribution < -0.4 is 5.32 Å². The van der Waals surface area contributed by atoms with Crippen LogP contribution in [0.2, 0.25) is 0 Å². The predicted octanol–water partition coefficient (Wildman–Crippen LogP) is 3.47. The third-order valence-electron chi connectivity index (χ3n) is 4.52. The van der Waals surface area contributed by atoms with Gasteiger partial charge in [-0.3, -0.25) is 10.1 Å². The van der Waals surface area contributed by atoms with Gasteiger partial charge in [0.25, 0.3) is 0 Å². The first-order valence-electron chi connectivity index (χ1n) is 8.44. The average molecular weight is 393 g/mol. The molecule has 0 aromatic heterocycles. The minimum absolute atomic E-state index is 0.163. The van der Waals surface area contributed by atoms with E-state index in [0.29, 0.717) is 6.04 Å². The van der Waals surface area contributed by atoms with E-state index in [9.17, 15) is 22.4 Å². The van der Waals surface area contributed by atoms with Gasteiger partial charge in [-0.05, 0) is 49.8 Å². The summed E-state index contributed by atoms with van der Waals surface area (Å²) in [5.74, 6) is -3.12. The molecule has 0 amide bonds. The highest BCUT2D eigenvalue weighted by Crippen LogP contribution is 2.29. The number of aryl methyl sites for hydroxylation is 1. The quantitative estimate of drug-likeness (QED) is 0.592. The number of carboxylic acid groups (broad SMARTS) is 1. The molecule has 2 rings (SSSR count). The normalized spacial score (nSPS) is 21.9. The summed E-state index contributed by atoms with van der Waals surface area (Å²) < 4.78 is 49.5. The fourth-order valence-corrected chi connectivity index (χ4v) is 2.94. The van der Waals surface area contributed by atoms with Gasteiger partial charge in [-0.1, -0.05) is 19.1 Å². The van der Waals surface area contributed by atoms with Crippen LogP contribution in [0.4, 0.5) is 17.6 Å². The lowest BCUT2D eigenvalue weighted by Gasteiger charge is -2.26. The Morgan fingerprint density at radius 1 is 1.30 bits per heavy atom. The summed E-state index contributed by atoms with van der Waals surface area (Å²) in [6.45, 7) is 2.01. The van der Waals surface area contributed by atoms with Gasteiger partial charge < -0.3 is 9.84 Å². The van der Waals surface area contributed by atoms with E-state index >= 15 is 0 Å². The molecule has 1 fully saturated rings. The maximum absolute atomic E-state index is 12.8. The Hall–Kier alpha value is -2.16. The largest absolute Gasteiger partial charge is 0.490 e. The Kier molecular flexibility index (Phi) is 8.20. The number of carbonyl (C=O) groups is 2. The average Bonchev–Trinajstić information content (AvgIpc) is 3.05. The number of carbonyl (C=O) groups excluding carboxylic acids is 1. The third-order valence-corrected chi connectivity index (χ3v) is 4.52. The molecule has 0 saturated carbocycles. The molecule has 1 aromatic rings. The second kappa shape index (κ2) is 9.68. The van der Waals surface area contributed by atoms with E-state index in [1.807, 2.05) is 19.1 Å². The second-order valence-electron chi connectivity index (χ2n) is 6.28. The Balaban J connectivity index is 0.000000445. The van der Waals surface area contributed by atoms with Crippen LogP contribution in [0.1, 0.15) is 38.2 Å². The lowest BCUT2D eigenvalue weighted by molar-refractivity contribution is -0.192. The van der Waals surface area contributed by atoms with Crippen LogP contribution in [0.3, 0.4) is 0 Å². The van der Waals surface area contributed by atoms with E-state index in [1.165, 1.54) is 19.2 Å². The Morgan fingerprint density at radius 2 is 1.85 bits per heavy atom. The van der Waals surface area contributed by atoms with Gasteiger partial charge in [0, 0.05) is 6.04 Å². The fourth-order valence-electron chi connectivity index (χ4n) is 2.94. The number of esters is 1. The van der Waals surface area contributed by atoms with Gasteiger partial charge in [0.2, 0.25) is 0 Å². The molecule has 152 valence electrons. The number of halogens is 4. The predicted molar refractivity (Wildman–Crippen MR) is 89.6 cm³/mol. The SMILES string of the molecule is CC[C@]1(C(=O)OC)CC[C@H](CCc2ccc(F)cc2)N1.O=C(O)C(F)(F)F. The number of methoxy groups -OCH3 is 1. The fraction of sp³-hybridized carbons (Fsp3) is 0.556. The minimum Gasteiger partial charge on any atom is -0.475 e. The molecule has 1 aliphatic rings. The maximum atomic E-state index is 12.8. The zero-order valence-electron chi connectivity index (χ0n) is 15.1. The van der Waals surface area contributed by atoms with Crippen LogP contribution in [0.5, 0.6) is 0 Å². The van der Waals surface area contributed by atoms with Crippen molar-refractivity contribution in [3.63, 3.8) is 0 Å². The lowest BCUT2D eigenvalue weighted by Crippen LogP contribution is -2.50. The molecule has 5 nitrogen and oxygen atoms in total. The first-order chi connectivity index (χ1) is 12.5. The molecule has 1 aliphatic heterocycles. The number of benzene rings is 1. The standard InChI is InChI=1S/C16H22FNO2.C2HF3O2/c1-3-16(15(19)20-2)11-10-14(18-16)9-6-12-4-7-13(17)8-5-12;3-2(4,5)1(6)7/h4-5,7-8,14,18H,3,6,9-11H2,1-2H3;(H,6,7)/t14-,16+;/m0./s1. The molecule has 0 spiro atoms. The van der Waals surface area contributed by atoms with Crippen molar-refractivity contribution in [2.45, 2.75) is 56.8 Å². The highest BCUT2D eigenvalue weighted by Gasteiger charge is 2.44. The molecule has 0 aliphatic carbocycles. The minimum atomic E-state index is -5.08. The van der Waals surface area contributed by atoms with Crippen molar-refractivity contribution in [1.82, 2.24) is 5.32 Å². The smallest absolute Gasteiger partial charge is 0.475 e. The molecule has 2 N–H and O–H groups in total. The summed E-state index contributed by atoms with van der Waals surface area (Å²) in [6, 6.07) is 6.93. The van der Waals surface area contributed by atoms with Crippen LogP contribution in [-0.2, 0) is 20.7 Å². The van der Waals surface area contributed by atoms with Crippen LogP contribution >= 0.6 is 0 Å². The Morgan fingerprint density at radius 3 is 2.30 bits per heavy atom. The Labute approximate surface area is 154 Å². The first-order valence-corrected chi connectivity index (χ1v) is 8.44. The van der Waals surface area contributed by atoms with Crippen LogP contribution in [0.25, 0.3) is 0 Å². The van der Waals surface area contributed by atoms with Crippen molar-refractivity contribution in [3.05, 3.63) is 35.6 Å². The number of rotatable bonds is 5. The van der Waals surface area contributed by atoms with E-state index < -0.39 is 17.7 Å². The number of hydrogen-bond donors (Lipinski definition) is 2. The number of alkyl halides is 3. The molecule has 1 aromatic carbocycles. The van der Waals surface area contributed by atoms with E-state index in [1.54, 1.807) is 0 Å². The van der Waals surface area contributed by atoms with Crippen molar-refractivity contribution in [2.24, 2.45) is 0 Å². The number of hydrogen-bond acceptors (Lipinski definition) is 4. The van der Waals surface area contributed by atoms with Gasteiger partial charge in [0.15, 0.2) is 0 Å². The highest BCUT2D eigenvalue weighted by atomic mass is 19.4. The summed E-state index contributed by atoms with van der Waals surface area (Å²) in [5, 5.41) is 10.6. The highest BCUT2D eigenvalue weighted by molar-refractivity contribution is 5.81. The maximum Gasteiger partial charge on any atom is 0.490 e. The monoisotopic (exact) mass is 393 g/mol. The van der Waals surface area contributed by atoms with Crippen LogP contribution in [0.15, 0.2) is 24.3 Å². The summed E-state index contributed by atoms with van der Waals surface area (Å²) in [4.78, 5) is 20.8. The number of carboxylic acids is 1. The second-order valence-corrected chi connectivity index (χ2v) is 6.28. The molecule has 0 radical (unpaired) electrons. The van der Waals surface area contributed by atoms with Crippen LogP contribution in [-0.4, -0.2) is 41.9 Å². The lowest BCUT2D eigenvalue weighted by atomic mass is 9.94. The topological polar surface area (TPSA) is 75.6 Å². The molecule has 0 bridgehead atoms. The third kappa shape index (κ3) is 6.82. The molecule has 1 heterocycles. The summed E-state index contributed by atoms with van der Waals surface area (Å²) >= 11 is 0. The van der Waals surface area contributed by atoms with Crippen molar-refractivity contribution in [2.75, 3.05) is 7.11 Å². The van der Waals surface area contributed by atoms with Crippen molar-refractivity contribution < 1.29 is 37.0 Å². The van der Waals surface area contributed by atoms with E-state index in [2.05, 4.69) is 5.32 Å². The molecular weight excluding hydrogens is 370 g/mol. The molecule has 2 atom stereocenters. The van der Waals surface area contributed by atoms with Crippen LogP contribution in [0, 0.1) is 5.82 Å². The van der Waals surface area contributed by atoms with Crippen molar-refractivity contribution in [3.8, 4) is 0 Å². The molecule has 9 heteroatoms. The van der Waals surface area contributed by atoms with Gasteiger partial charge in [-0.15, -0.1) is 0 Å². The van der Waals surface area contributed by atoms with Gasteiger partial charge in [-0.25, -0.2) is 9.18 Å². The zero-order valence-corrected chi connectivity index (χ0v) is 15.1. The van der Waals surface area contributed by atoms with E-state index in [-0.39, 0.29) is 11.8 Å². The Bertz CT molecular complexity index is 633. The molecule has 1 saturated heterocycles. The van der Waals surface area contributed by atoms with Gasteiger partial charge in [-0.2, -0.15) is 13.2 Å². The number of nitrogens with one attached hydrogen (secondary N) is 1.